The zero-order valence-electron chi connectivity index (χ0n) is 5.86. The van der Waals surface area contributed by atoms with Gasteiger partial charge in [-0.15, -0.1) is 0 Å². The highest BCUT2D eigenvalue weighted by molar-refractivity contribution is 14.1. The van der Waals surface area contributed by atoms with Crippen LogP contribution in [0, 0.1) is 0 Å². The first kappa shape index (κ1) is 9.43. The Morgan fingerprint density at radius 3 is 2.78 bits per heavy atom. The molecule has 0 aromatic rings. The second-order valence-corrected chi connectivity index (χ2v) is 2.68. The Kier molecular flexibility index (Phi) is 8.83. The molecule has 0 aromatic carbocycles. The highest BCUT2D eigenvalue weighted by atomic mass is 127. The molecule has 0 saturated carbocycles. The largest absolute Gasteiger partial charge is 0.320 e. The smallest absolute Gasteiger partial charge is 0.00518 e. The number of allylic oxidation sites excluding steroid dienone is 1. The Balaban J connectivity index is 2.75. The third-order valence-electron chi connectivity index (χ3n) is 1.14. The van der Waals surface area contributed by atoms with Gasteiger partial charge >= 0.3 is 0 Å². The van der Waals surface area contributed by atoms with Crippen LogP contribution in [0.2, 0.25) is 0 Å². The van der Waals surface area contributed by atoms with Gasteiger partial charge in [0.2, 0.25) is 0 Å². The summed E-state index contributed by atoms with van der Waals surface area (Å²) in [5, 5.41) is 3.12. The van der Waals surface area contributed by atoms with Crippen molar-refractivity contribution < 1.29 is 0 Å². The molecule has 1 nitrogen and oxygen atoms in total. The van der Waals surface area contributed by atoms with Crippen LogP contribution in [0.3, 0.4) is 0 Å². The molecule has 0 spiro atoms. The van der Waals surface area contributed by atoms with Gasteiger partial charge in [0, 0.05) is 0 Å². The number of hydrogen-bond acceptors (Lipinski definition) is 1. The van der Waals surface area contributed by atoms with Gasteiger partial charge in [-0.3, -0.25) is 0 Å². The van der Waals surface area contributed by atoms with Crippen LogP contribution in [0.5, 0.6) is 0 Å². The van der Waals surface area contributed by atoms with E-state index in [1.54, 1.807) is 0 Å². The second-order valence-electron chi connectivity index (χ2n) is 1.96. The van der Waals surface area contributed by atoms with Gasteiger partial charge in [0.25, 0.3) is 0 Å². The van der Waals surface area contributed by atoms with Crippen molar-refractivity contribution in [2.45, 2.75) is 19.3 Å². The fraction of sp³-hybridized carbons (Fsp3) is 0.714. The Bertz CT molecular complexity index is 71.3. The van der Waals surface area contributed by atoms with E-state index in [9.17, 15) is 0 Å². The van der Waals surface area contributed by atoms with E-state index in [1.807, 2.05) is 7.05 Å². The number of unbranched alkanes of at least 4 members (excludes halogenated alkanes) is 2. The van der Waals surface area contributed by atoms with Gasteiger partial charge < -0.3 is 5.32 Å². The molecule has 0 bridgehead atoms. The number of hydrogen-bond donors (Lipinski definition) is 1. The maximum atomic E-state index is 3.12. The third kappa shape index (κ3) is 8.43. The van der Waals surface area contributed by atoms with Crippen LogP contribution >= 0.6 is 22.6 Å². The lowest BCUT2D eigenvalue weighted by Crippen LogP contribution is -2.06. The van der Waals surface area contributed by atoms with Crippen molar-refractivity contribution in [1.29, 1.82) is 0 Å². The molecule has 9 heavy (non-hydrogen) atoms. The SMILES string of the molecule is CNCCCC/C=C/I. The summed E-state index contributed by atoms with van der Waals surface area (Å²) in [5.41, 5.74) is 0. The maximum absolute atomic E-state index is 3.12. The first-order valence-electron chi connectivity index (χ1n) is 3.31. The van der Waals surface area contributed by atoms with E-state index in [-0.39, 0.29) is 0 Å². The van der Waals surface area contributed by atoms with Gasteiger partial charge in [-0.25, -0.2) is 0 Å². The van der Waals surface area contributed by atoms with Crippen LogP contribution in [-0.2, 0) is 0 Å². The molecule has 0 aliphatic carbocycles. The van der Waals surface area contributed by atoms with Gasteiger partial charge in [-0.2, -0.15) is 0 Å². The van der Waals surface area contributed by atoms with E-state index in [2.05, 4.69) is 38.1 Å². The zero-order valence-corrected chi connectivity index (χ0v) is 8.02. The van der Waals surface area contributed by atoms with Crippen LogP contribution in [0.25, 0.3) is 0 Å². The Labute approximate surface area is 71.1 Å². The minimum absolute atomic E-state index is 1.15. The standard InChI is InChI=1S/C7H14IN/c1-9-7-5-3-2-4-6-8/h4,6,9H,2-3,5,7H2,1H3/b6-4+. The quantitative estimate of drug-likeness (QED) is 0.573. The predicted molar refractivity (Wildman–Crippen MR) is 50.9 cm³/mol. The van der Waals surface area contributed by atoms with Crippen LogP contribution in [0.4, 0.5) is 0 Å². The molecule has 0 saturated heterocycles. The molecule has 0 unspecified atom stereocenters. The monoisotopic (exact) mass is 239 g/mol. The van der Waals surface area contributed by atoms with Crippen molar-refractivity contribution in [3.05, 3.63) is 10.2 Å². The molecule has 0 aliphatic heterocycles. The van der Waals surface area contributed by atoms with Gasteiger partial charge in [0.15, 0.2) is 0 Å². The van der Waals surface area contributed by atoms with E-state index in [0.717, 1.165) is 6.54 Å². The van der Waals surface area contributed by atoms with Gasteiger partial charge in [0.1, 0.15) is 0 Å². The summed E-state index contributed by atoms with van der Waals surface area (Å²) in [6.45, 7) is 1.15. The molecular weight excluding hydrogens is 225 g/mol. The minimum atomic E-state index is 1.15. The van der Waals surface area contributed by atoms with Gasteiger partial charge in [0.05, 0.1) is 0 Å². The summed E-state index contributed by atoms with van der Waals surface area (Å²) in [7, 11) is 1.99. The summed E-state index contributed by atoms with van der Waals surface area (Å²) in [4.78, 5) is 0. The molecule has 2 heteroatoms. The molecule has 0 aliphatic rings. The third-order valence-corrected chi connectivity index (χ3v) is 1.65. The molecule has 54 valence electrons. The summed E-state index contributed by atoms with van der Waals surface area (Å²) >= 11 is 2.25. The van der Waals surface area contributed by atoms with Crippen molar-refractivity contribution in [1.82, 2.24) is 5.32 Å². The normalized spacial score (nSPS) is 10.9. The molecule has 0 fully saturated rings. The number of halogens is 1. The summed E-state index contributed by atoms with van der Waals surface area (Å²) < 4.78 is 2.08. The fourth-order valence-electron chi connectivity index (χ4n) is 0.627. The lowest BCUT2D eigenvalue weighted by atomic mass is 10.2. The fourth-order valence-corrected chi connectivity index (χ4v) is 0.987. The molecule has 0 amide bonds. The molecule has 0 atom stereocenters. The van der Waals surface area contributed by atoms with Gasteiger partial charge in [-0.1, -0.05) is 28.7 Å². The van der Waals surface area contributed by atoms with Crippen molar-refractivity contribution >= 4 is 22.6 Å². The van der Waals surface area contributed by atoms with Crippen molar-refractivity contribution in [3.63, 3.8) is 0 Å². The maximum Gasteiger partial charge on any atom is -0.00518 e. The first-order chi connectivity index (χ1) is 4.41. The summed E-state index contributed by atoms with van der Waals surface area (Å²) in [6, 6.07) is 0. The second kappa shape index (κ2) is 8.43. The molecule has 1 N–H and O–H groups in total. The van der Waals surface area contributed by atoms with E-state index in [1.165, 1.54) is 19.3 Å². The van der Waals surface area contributed by atoms with Gasteiger partial charge in [-0.05, 0) is 36.9 Å². The van der Waals surface area contributed by atoms with E-state index >= 15 is 0 Å². The Morgan fingerprint density at radius 1 is 1.44 bits per heavy atom. The molecular formula is C7H14IN. The Hall–Kier alpha value is 0.430. The highest BCUT2D eigenvalue weighted by Crippen LogP contribution is 1.96. The van der Waals surface area contributed by atoms with E-state index < -0.39 is 0 Å². The Morgan fingerprint density at radius 2 is 2.22 bits per heavy atom. The zero-order chi connectivity index (χ0) is 6.95. The summed E-state index contributed by atoms with van der Waals surface area (Å²) in [5.74, 6) is 0. The lowest BCUT2D eigenvalue weighted by Gasteiger charge is -1.94. The first-order valence-corrected chi connectivity index (χ1v) is 4.56. The predicted octanol–water partition coefficient (Wildman–Crippen LogP) is 2.32. The highest BCUT2D eigenvalue weighted by Gasteiger charge is 1.81. The van der Waals surface area contributed by atoms with E-state index in [4.69, 9.17) is 0 Å². The number of nitrogens with one attached hydrogen (secondary N) is 1. The van der Waals surface area contributed by atoms with Crippen LogP contribution in [-0.4, -0.2) is 13.6 Å². The van der Waals surface area contributed by atoms with Crippen molar-refractivity contribution in [2.75, 3.05) is 13.6 Å². The molecule has 0 rings (SSSR count). The summed E-state index contributed by atoms with van der Waals surface area (Å²) in [6.07, 6.45) is 6.03. The molecule has 0 aromatic heterocycles. The van der Waals surface area contributed by atoms with Crippen LogP contribution in [0.1, 0.15) is 19.3 Å². The van der Waals surface area contributed by atoms with Crippen LogP contribution in [0.15, 0.2) is 10.2 Å². The van der Waals surface area contributed by atoms with Crippen LogP contribution < -0.4 is 5.32 Å². The molecule has 0 heterocycles. The van der Waals surface area contributed by atoms with Crippen molar-refractivity contribution in [3.8, 4) is 0 Å². The minimum Gasteiger partial charge on any atom is -0.320 e. The van der Waals surface area contributed by atoms with Crippen molar-refractivity contribution in [2.24, 2.45) is 0 Å². The topological polar surface area (TPSA) is 12.0 Å². The average Bonchev–Trinajstić information content (AvgIpc) is 1.89. The average molecular weight is 239 g/mol. The lowest BCUT2D eigenvalue weighted by molar-refractivity contribution is 0.685. The number of rotatable bonds is 5. The molecule has 0 radical (unpaired) electrons. The van der Waals surface area contributed by atoms with E-state index in [0.29, 0.717) is 0 Å².